The van der Waals surface area contributed by atoms with E-state index < -0.39 is 0 Å². The Morgan fingerprint density at radius 2 is 1.86 bits per heavy atom. The van der Waals surface area contributed by atoms with Crippen LogP contribution in [0.1, 0.15) is 19.6 Å². The summed E-state index contributed by atoms with van der Waals surface area (Å²) in [4.78, 5) is 0. The van der Waals surface area contributed by atoms with Crippen molar-refractivity contribution in [3.8, 4) is 11.5 Å². The van der Waals surface area contributed by atoms with E-state index in [0.29, 0.717) is 19.3 Å². The van der Waals surface area contributed by atoms with Gasteiger partial charge in [-0.05, 0) is 38.1 Å². The lowest BCUT2D eigenvalue weighted by atomic mass is 10.2. The standard InChI is InChI=1S/C17H23NO3/c1-3-19-16-8-4-5-9-17(16)21-12-10-18-14(2)13-15-7-6-11-20-15/h4-9,11,14,18H,3,10,12-13H2,1-2H3. The number of hydrogen-bond acceptors (Lipinski definition) is 4. The van der Waals surface area contributed by atoms with Gasteiger partial charge in [0.05, 0.1) is 12.9 Å². The van der Waals surface area contributed by atoms with Crippen molar-refractivity contribution in [1.82, 2.24) is 5.32 Å². The molecule has 0 aliphatic carbocycles. The summed E-state index contributed by atoms with van der Waals surface area (Å²) in [5.74, 6) is 2.58. The maximum Gasteiger partial charge on any atom is 0.161 e. The van der Waals surface area contributed by atoms with Crippen molar-refractivity contribution in [2.45, 2.75) is 26.3 Å². The zero-order chi connectivity index (χ0) is 14.9. The van der Waals surface area contributed by atoms with E-state index in [0.717, 1.165) is 30.2 Å². The van der Waals surface area contributed by atoms with E-state index in [1.165, 1.54) is 0 Å². The molecule has 1 N–H and O–H groups in total. The van der Waals surface area contributed by atoms with Gasteiger partial charge in [0.15, 0.2) is 11.5 Å². The largest absolute Gasteiger partial charge is 0.490 e. The number of nitrogens with one attached hydrogen (secondary N) is 1. The number of rotatable bonds is 9. The average molecular weight is 289 g/mol. The Bertz CT molecular complexity index is 511. The zero-order valence-electron chi connectivity index (χ0n) is 12.7. The molecule has 114 valence electrons. The summed E-state index contributed by atoms with van der Waals surface area (Å²) >= 11 is 0. The first-order valence-corrected chi connectivity index (χ1v) is 7.40. The van der Waals surface area contributed by atoms with Crippen LogP contribution >= 0.6 is 0 Å². The third-order valence-electron chi connectivity index (χ3n) is 3.09. The lowest BCUT2D eigenvalue weighted by Crippen LogP contribution is -2.31. The molecule has 1 aromatic heterocycles. The fourth-order valence-corrected chi connectivity index (χ4v) is 2.11. The van der Waals surface area contributed by atoms with Crippen LogP contribution in [0.15, 0.2) is 47.1 Å². The number of benzene rings is 1. The zero-order valence-corrected chi connectivity index (χ0v) is 12.7. The molecule has 2 rings (SSSR count). The van der Waals surface area contributed by atoms with Gasteiger partial charge in [0.25, 0.3) is 0 Å². The second-order valence-electron chi connectivity index (χ2n) is 4.87. The van der Waals surface area contributed by atoms with Gasteiger partial charge in [0.2, 0.25) is 0 Å². The summed E-state index contributed by atoms with van der Waals surface area (Å²) in [5, 5.41) is 3.42. The third kappa shape index (κ3) is 5.16. The predicted molar refractivity (Wildman–Crippen MR) is 83.0 cm³/mol. The van der Waals surface area contributed by atoms with Crippen LogP contribution < -0.4 is 14.8 Å². The van der Waals surface area contributed by atoms with E-state index >= 15 is 0 Å². The molecule has 1 atom stereocenters. The smallest absolute Gasteiger partial charge is 0.161 e. The van der Waals surface area contributed by atoms with Crippen molar-refractivity contribution >= 4 is 0 Å². The minimum absolute atomic E-state index is 0.349. The highest BCUT2D eigenvalue weighted by atomic mass is 16.5. The van der Waals surface area contributed by atoms with Crippen LogP contribution in [0.5, 0.6) is 11.5 Å². The van der Waals surface area contributed by atoms with Crippen molar-refractivity contribution < 1.29 is 13.9 Å². The van der Waals surface area contributed by atoms with Gasteiger partial charge in [-0.25, -0.2) is 0 Å². The van der Waals surface area contributed by atoms with Gasteiger partial charge in [-0.15, -0.1) is 0 Å². The normalized spacial score (nSPS) is 12.1. The van der Waals surface area contributed by atoms with E-state index in [9.17, 15) is 0 Å². The highest BCUT2D eigenvalue weighted by Crippen LogP contribution is 2.26. The fourth-order valence-electron chi connectivity index (χ4n) is 2.11. The van der Waals surface area contributed by atoms with E-state index in [2.05, 4.69) is 12.2 Å². The van der Waals surface area contributed by atoms with Crippen molar-refractivity contribution in [3.63, 3.8) is 0 Å². The van der Waals surface area contributed by atoms with E-state index in [-0.39, 0.29) is 0 Å². The molecule has 0 radical (unpaired) electrons. The molecule has 1 unspecified atom stereocenters. The summed E-state index contributed by atoms with van der Waals surface area (Å²) in [7, 11) is 0. The molecule has 0 fully saturated rings. The van der Waals surface area contributed by atoms with Crippen LogP contribution in [-0.4, -0.2) is 25.8 Å². The van der Waals surface area contributed by atoms with Crippen molar-refractivity contribution in [2.24, 2.45) is 0 Å². The lowest BCUT2D eigenvalue weighted by molar-refractivity contribution is 0.272. The SMILES string of the molecule is CCOc1ccccc1OCCNC(C)Cc1ccco1. The number of para-hydroxylation sites is 2. The average Bonchev–Trinajstić information content (AvgIpc) is 2.98. The molecule has 4 nitrogen and oxygen atoms in total. The molecular weight excluding hydrogens is 266 g/mol. The maximum atomic E-state index is 5.76. The molecule has 4 heteroatoms. The topological polar surface area (TPSA) is 43.6 Å². The van der Waals surface area contributed by atoms with Crippen molar-refractivity contribution in [2.75, 3.05) is 19.8 Å². The first-order valence-electron chi connectivity index (χ1n) is 7.40. The Labute approximate surface area is 126 Å². The molecule has 21 heavy (non-hydrogen) atoms. The Balaban J connectivity index is 1.69. The molecule has 0 amide bonds. The summed E-state index contributed by atoms with van der Waals surface area (Å²) < 4.78 is 16.6. The highest BCUT2D eigenvalue weighted by Gasteiger charge is 2.06. The Hall–Kier alpha value is -1.94. The second-order valence-corrected chi connectivity index (χ2v) is 4.87. The van der Waals surface area contributed by atoms with E-state index in [4.69, 9.17) is 13.9 Å². The summed E-state index contributed by atoms with van der Waals surface area (Å²) in [6.07, 6.45) is 2.58. The van der Waals surface area contributed by atoms with Crippen LogP contribution in [0.3, 0.4) is 0 Å². The molecule has 0 bridgehead atoms. The molecule has 0 saturated heterocycles. The second kappa shape index (κ2) is 8.37. The van der Waals surface area contributed by atoms with E-state index in [1.54, 1.807) is 6.26 Å². The molecule has 2 aromatic rings. The summed E-state index contributed by atoms with van der Waals surface area (Å²) in [6, 6.07) is 12.0. The van der Waals surface area contributed by atoms with E-state index in [1.807, 2.05) is 43.3 Å². The fraction of sp³-hybridized carbons (Fsp3) is 0.412. The Morgan fingerprint density at radius 1 is 1.10 bits per heavy atom. The van der Waals surface area contributed by atoms with Crippen LogP contribution in [-0.2, 0) is 6.42 Å². The number of hydrogen-bond donors (Lipinski definition) is 1. The summed E-state index contributed by atoms with van der Waals surface area (Å²) in [5.41, 5.74) is 0. The van der Waals surface area contributed by atoms with Crippen molar-refractivity contribution in [3.05, 3.63) is 48.4 Å². The van der Waals surface area contributed by atoms with Crippen LogP contribution in [0.25, 0.3) is 0 Å². The molecule has 1 aromatic carbocycles. The van der Waals surface area contributed by atoms with Crippen LogP contribution in [0, 0.1) is 0 Å². The minimum atomic E-state index is 0.349. The minimum Gasteiger partial charge on any atom is -0.490 e. The van der Waals surface area contributed by atoms with Crippen LogP contribution in [0.4, 0.5) is 0 Å². The first kappa shape index (κ1) is 15.4. The Morgan fingerprint density at radius 3 is 2.52 bits per heavy atom. The van der Waals surface area contributed by atoms with Gasteiger partial charge in [-0.2, -0.15) is 0 Å². The molecule has 0 aliphatic rings. The first-order chi connectivity index (χ1) is 10.3. The van der Waals surface area contributed by atoms with Gasteiger partial charge in [0, 0.05) is 19.0 Å². The highest BCUT2D eigenvalue weighted by molar-refractivity contribution is 5.39. The quantitative estimate of drug-likeness (QED) is 0.719. The van der Waals surface area contributed by atoms with Crippen LogP contribution in [0.2, 0.25) is 0 Å². The molecular formula is C17H23NO3. The molecule has 0 spiro atoms. The number of ether oxygens (including phenoxy) is 2. The van der Waals surface area contributed by atoms with Gasteiger partial charge in [0.1, 0.15) is 12.4 Å². The summed E-state index contributed by atoms with van der Waals surface area (Å²) in [6.45, 7) is 6.12. The molecule has 1 heterocycles. The molecule has 0 aliphatic heterocycles. The van der Waals surface area contributed by atoms with Gasteiger partial charge in [-0.3, -0.25) is 0 Å². The third-order valence-corrected chi connectivity index (χ3v) is 3.09. The maximum absolute atomic E-state index is 5.76. The Kier molecular flexibility index (Phi) is 6.16. The van der Waals surface area contributed by atoms with Gasteiger partial charge < -0.3 is 19.2 Å². The van der Waals surface area contributed by atoms with Crippen molar-refractivity contribution in [1.29, 1.82) is 0 Å². The monoisotopic (exact) mass is 289 g/mol. The number of furan rings is 1. The predicted octanol–water partition coefficient (Wildman–Crippen LogP) is 3.28. The lowest BCUT2D eigenvalue weighted by Gasteiger charge is -2.14. The van der Waals surface area contributed by atoms with Gasteiger partial charge in [-0.1, -0.05) is 12.1 Å². The van der Waals surface area contributed by atoms with Gasteiger partial charge >= 0.3 is 0 Å². The molecule has 0 saturated carbocycles.